The van der Waals surface area contributed by atoms with Gasteiger partial charge in [-0.2, -0.15) is 4.98 Å². The van der Waals surface area contributed by atoms with Gasteiger partial charge in [0, 0.05) is 32.2 Å². The van der Waals surface area contributed by atoms with Gasteiger partial charge in [0.25, 0.3) is 11.7 Å². The Bertz CT molecular complexity index is 636. The molecule has 1 aromatic heterocycles. The topological polar surface area (TPSA) is 93.7 Å². The number of rotatable bonds is 5. The molecule has 1 N–H and O–H groups in total. The third-order valence-electron chi connectivity index (χ3n) is 3.40. The second-order valence-corrected chi connectivity index (χ2v) is 4.78. The van der Waals surface area contributed by atoms with Crippen LogP contribution in [0.15, 0.2) is 22.6 Å². The van der Waals surface area contributed by atoms with Gasteiger partial charge in [-0.3, -0.25) is 15.0 Å². The van der Waals surface area contributed by atoms with Crippen LogP contribution < -0.4 is 5.32 Å². The minimum Gasteiger partial charge on any atom is -0.423 e. The quantitative estimate of drug-likeness (QED) is 0.659. The number of morpholine rings is 1. The lowest BCUT2D eigenvalue weighted by Gasteiger charge is -2.26. The van der Waals surface area contributed by atoms with E-state index in [4.69, 9.17) is 9.15 Å². The van der Waals surface area contributed by atoms with Gasteiger partial charge in [-0.15, -0.1) is 0 Å². The number of hydrogen-bond donors (Lipinski definition) is 1. The molecule has 1 aromatic carbocycles. The third kappa shape index (κ3) is 3.11. The summed E-state index contributed by atoms with van der Waals surface area (Å²) in [4.78, 5) is 16.9. The summed E-state index contributed by atoms with van der Waals surface area (Å²) >= 11 is 0. The van der Waals surface area contributed by atoms with E-state index in [-0.39, 0.29) is 11.2 Å². The van der Waals surface area contributed by atoms with E-state index in [0.29, 0.717) is 18.1 Å². The summed E-state index contributed by atoms with van der Waals surface area (Å²) in [5, 5.41) is 14.0. The van der Waals surface area contributed by atoms with E-state index in [1.54, 1.807) is 12.1 Å². The third-order valence-corrected chi connectivity index (χ3v) is 3.40. The van der Waals surface area contributed by atoms with Crippen LogP contribution in [-0.4, -0.2) is 54.2 Å². The number of aromatic nitrogens is 1. The fourth-order valence-corrected chi connectivity index (χ4v) is 2.30. The highest BCUT2D eigenvalue weighted by atomic mass is 16.6. The smallest absolute Gasteiger partial charge is 0.298 e. The molecule has 0 saturated carbocycles. The predicted octanol–water partition coefficient (Wildman–Crippen LogP) is 1.48. The summed E-state index contributed by atoms with van der Waals surface area (Å²) in [7, 11) is 0. The van der Waals surface area contributed by atoms with Crippen molar-refractivity contribution in [3.8, 4) is 0 Å². The Morgan fingerprint density at radius 3 is 2.95 bits per heavy atom. The average molecular weight is 292 g/mol. The van der Waals surface area contributed by atoms with E-state index in [1.807, 2.05) is 0 Å². The van der Waals surface area contributed by atoms with Crippen LogP contribution in [0.4, 0.5) is 11.7 Å². The number of nitro groups is 1. The first-order chi connectivity index (χ1) is 10.2. The largest absolute Gasteiger partial charge is 0.423 e. The number of fused-ring (bicyclic) bond motifs is 1. The lowest BCUT2D eigenvalue weighted by atomic mass is 10.3. The first-order valence-corrected chi connectivity index (χ1v) is 6.82. The molecule has 2 heterocycles. The zero-order chi connectivity index (χ0) is 14.7. The molecule has 1 fully saturated rings. The number of ether oxygens (including phenoxy) is 1. The van der Waals surface area contributed by atoms with Crippen molar-refractivity contribution in [2.24, 2.45) is 0 Å². The molecule has 0 amide bonds. The highest BCUT2D eigenvalue weighted by molar-refractivity contribution is 5.83. The number of anilines is 1. The Morgan fingerprint density at radius 1 is 1.38 bits per heavy atom. The highest BCUT2D eigenvalue weighted by Gasteiger charge is 2.17. The van der Waals surface area contributed by atoms with Gasteiger partial charge >= 0.3 is 0 Å². The number of non-ortho nitro benzene ring substituents is 1. The molecule has 21 heavy (non-hydrogen) atoms. The first kappa shape index (κ1) is 13.8. The number of nitrogens with one attached hydrogen (secondary N) is 1. The predicted molar refractivity (Wildman–Crippen MR) is 76.4 cm³/mol. The molecule has 3 rings (SSSR count). The van der Waals surface area contributed by atoms with E-state index in [2.05, 4.69) is 15.2 Å². The van der Waals surface area contributed by atoms with Gasteiger partial charge in [0.1, 0.15) is 0 Å². The Hall–Kier alpha value is -2.19. The highest BCUT2D eigenvalue weighted by Crippen LogP contribution is 2.27. The normalized spacial score (nSPS) is 16.2. The Morgan fingerprint density at radius 2 is 2.19 bits per heavy atom. The van der Waals surface area contributed by atoms with Crippen LogP contribution in [0.2, 0.25) is 0 Å². The lowest BCUT2D eigenvalue weighted by molar-refractivity contribution is -0.383. The van der Waals surface area contributed by atoms with Crippen molar-refractivity contribution >= 4 is 22.8 Å². The van der Waals surface area contributed by atoms with Crippen LogP contribution in [0.1, 0.15) is 0 Å². The van der Waals surface area contributed by atoms with Crippen molar-refractivity contribution in [3.63, 3.8) is 0 Å². The van der Waals surface area contributed by atoms with Gasteiger partial charge in [-0.1, -0.05) is 6.07 Å². The molecular weight excluding hydrogens is 276 g/mol. The molecule has 1 aliphatic rings. The summed E-state index contributed by atoms with van der Waals surface area (Å²) < 4.78 is 10.8. The molecular formula is C13H16N4O4. The zero-order valence-electron chi connectivity index (χ0n) is 11.4. The molecule has 1 aliphatic heterocycles. The summed E-state index contributed by atoms with van der Waals surface area (Å²) in [6.07, 6.45) is 0. The van der Waals surface area contributed by atoms with Crippen LogP contribution in [-0.2, 0) is 4.74 Å². The molecule has 8 nitrogen and oxygen atoms in total. The Balaban J connectivity index is 1.64. The summed E-state index contributed by atoms with van der Waals surface area (Å²) in [5.41, 5.74) is 0.645. The van der Waals surface area contributed by atoms with E-state index < -0.39 is 4.92 Å². The molecule has 1 saturated heterocycles. The number of oxazole rings is 1. The maximum absolute atomic E-state index is 10.9. The molecule has 0 bridgehead atoms. The molecule has 0 spiro atoms. The number of nitro benzene ring substituents is 1. The van der Waals surface area contributed by atoms with Crippen molar-refractivity contribution in [2.75, 3.05) is 44.7 Å². The van der Waals surface area contributed by atoms with Crippen LogP contribution >= 0.6 is 0 Å². The van der Waals surface area contributed by atoms with Crippen molar-refractivity contribution in [2.45, 2.75) is 0 Å². The number of nitrogens with zero attached hydrogens (tertiary/aromatic N) is 3. The summed E-state index contributed by atoms with van der Waals surface area (Å²) in [6.45, 7) is 4.87. The fourth-order valence-electron chi connectivity index (χ4n) is 2.30. The van der Waals surface area contributed by atoms with Gasteiger partial charge < -0.3 is 14.5 Å². The van der Waals surface area contributed by atoms with Crippen molar-refractivity contribution in [1.82, 2.24) is 9.88 Å². The van der Waals surface area contributed by atoms with Crippen molar-refractivity contribution in [1.29, 1.82) is 0 Å². The molecule has 2 aromatic rings. The van der Waals surface area contributed by atoms with Crippen LogP contribution in [0.5, 0.6) is 0 Å². The Labute approximate surface area is 120 Å². The van der Waals surface area contributed by atoms with E-state index in [1.165, 1.54) is 6.07 Å². The summed E-state index contributed by atoms with van der Waals surface area (Å²) in [6, 6.07) is 4.99. The summed E-state index contributed by atoms with van der Waals surface area (Å²) in [5.74, 6) is 0. The first-order valence-electron chi connectivity index (χ1n) is 6.82. The van der Waals surface area contributed by atoms with Crippen LogP contribution in [0, 0.1) is 10.1 Å². The minimum atomic E-state index is -0.456. The lowest BCUT2D eigenvalue weighted by Crippen LogP contribution is -2.39. The average Bonchev–Trinajstić information content (AvgIpc) is 2.90. The SMILES string of the molecule is O=[N+]([O-])c1cccc2oc(NCCN3CCOCC3)nc12. The van der Waals surface area contributed by atoms with Crippen LogP contribution in [0.25, 0.3) is 11.1 Å². The maximum Gasteiger partial charge on any atom is 0.298 e. The second-order valence-electron chi connectivity index (χ2n) is 4.78. The van der Waals surface area contributed by atoms with Crippen LogP contribution in [0.3, 0.4) is 0 Å². The van der Waals surface area contributed by atoms with Gasteiger partial charge in [0.2, 0.25) is 0 Å². The van der Waals surface area contributed by atoms with E-state index >= 15 is 0 Å². The molecule has 0 atom stereocenters. The standard InChI is InChI=1S/C13H16N4O4/c18-17(19)10-2-1-3-11-12(10)15-13(21-11)14-4-5-16-6-8-20-9-7-16/h1-3H,4-9H2,(H,14,15). The van der Waals surface area contributed by atoms with Crippen molar-refractivity contribution < 1.29 is 14.1 Å². The molecule has 8 heteroatoms. The number of hydrogen-bond acceptors (Lipinski definition) is 7. The van der Waals surface area contributed by atoms with E-state index in [0.717, 1.165) is 32.8 Å². The monoisotopic (exact) mass is 292 g/mol. The van der Waals surface area contributed by atoms with Gasteiger partial charge in [-0.05, 0) is 6.07 Å². The molecule has 0 radical (unpaired) electrons. The van der Waals surface area contributed by atoms with E-state index in [9.17, 15) is 10.1 Å². The Kier molecular flexibility index (Phi) is 3.98. The number of benzene rings is 1. The second kappa shape index (κ2) is 6.06. The molecule has 0 unspecified atom stereocenters. The zero-order valence-corrected chi connectivity index (χ0v) is 11.4. The maximum atomic E-state index is 10.9. The molecule has 112 valence electrons. The fraction of sp³-hybridized carbons (Fsp3) is 0.462. The van der Waals surface area contributed by atoms with Gasteiger partial charge in [0.15, 0.2) is 11.1 Å². The van der Waals surface area contributed by atoms with Gasteiger partial charge in [-0.25, -0.2) is 0 Å². The van der Waals surface area contributed by atoms with Crippen molar-refractivity contribution in [3.05, 3.63) is 28.3 Å². The minimum absolute atomic E-state index is 0.0440. The van der Waals surface area contributed by atoms with Gasteiger partial charge in [0.05, 0.1) is 18.1 Å². The number of para-hydroxylation sites is 1. The molecule has 0 aliphatic carbocycles.